The third kappa shape index (κ3) is 1.60. The van der Waals surface area contributed by atoms with Gasteiger partial charge in [-0.1, -0.05) is 0 Å². The smallest absolute Gasteiger partial charge is 0.125 e. The summed E-state index contributed by atoms with van der Waals surface area (Å²) in [6.07, 6.45) is 3.62. The first-order chi connectivity index (χ1) is 6.27. The van der Waals surface area contributed by atoms with Gasteiger partial charge in [0.1, 0.15) is 5.01 Å². The molecule has 2 aromatic rings. The van der Waals surface area contributed by atoms with Crippen molar-refractivity contribution in [1.82, 2.24) is 9.97 Å². The molecule has 13 heavy (non-hydrogen) atoms. The molecule has 0 aliphatic heterocycles. The molecular formula is C10H10N2S. The number of thiazole rings is 1. The Balaban J connectivity index is 2.48. The fraction of sp³-hybridized carbons (Fsp3) is 0.200. The quantitative estimate of drug-likeness (QED) is 0.691. The zero-order valence-electron chi connectivity index (χ0n) is 7.61. The minimum atomic E-state index is 1.06. The summed E-state index contributed by atoms with van der Waals surface area (Å²) in [5.74, 6) is 0. The van der Waals surface area contributed by atoms with Crippen molar-refractivity contribution in [2.24, 2.45) is 0 Å². The zero-order valence-corrected chi connectivity index (χ0v) is 8.43. The van der Waals surface area contributed by atoms with E-state index in [-0.39, 0.29) is 0 Å². The first-order valence-electron chi connectivity index (χ1n) is 4.12. The van der Waals surface area contributed by atoms with E-state index in [4.69, 9.17) is 0 Å². The SMILES string of the molecule is Cc1nc(-c2cccnc2)sc1C. The molecule has 66 valence electrons. The molecule has 0 aliphatic carbocycles. The fourth-order valence-electron chi connectivity index (χ4n) is 1.09. The Morgan fingerprint density at radius 1 is 1.31 bits per heavy atom. The first kappa shape index (κ1) is 8.38. The van der Waals surface area contributed by atoms with Gasteiger partial charge >= 0.3 is 0 Å². The van der Waals surface area contributed by atoms with E-state index in [9.17, 15) is 0 Å². The molecule has 2 rings (SSSR count). The summed E-state index contributed by atoms with van der Waals surface area (Å²) in [5.41, 5.74) is 2.22. The average Bonchev–Trinajstić information content (AvgIpc) is 2.49. The highest BCUT2D eigenvalue weighted by molar-refractivity contribution is 7.15. The van der Waals surface area contributed by atoms with Crippen molar-refractivity contribution in [2.75, 3.05) is 0 Å². The Kier molecular flexibility index (Phi) is 2.10. The van der Waals surface area contributed by atoms with Crippen LogP contribution >= 0.6 is 11.3 Å². The number of rotatable bonds is 1. The maximum Gasteiger partial charge on any atom is 0.125 e. The lowest BCUT2D eigenvalue weighted by atomic mass is 10.3. The van der Waals surface area contributed by atoms with Gasteiger partial charge in [0.05, 0.1) is 5.69 Å². The summed E-state index contributed by atoms with van der Waals surface area (Å²) in [4.78, 5) is 9.80. The van der Waals surface area contributed by atoms with E-state index in [2.05, 4.69) is 16.9 Å². The Morgan fingerprint density at radius 3 is 2.69 bits per heavy atom. The molecule has 0 saturated heterocycles. The maximum absolute atomic E-state index is 4.46. The molecule has 0 bridgehead atoms. The van der Waals surface area contributed by atoms with Crippen molar-refractivity contribution in [3.63, 3.8) is 0 Å². The minimum Gasteiger partial charge on any atom is -0.264 e. The van der Waals surface area contributed by atoms with Gasteiger partial charge in [0.2, 0.25) is 0 Å². The van der Waals surface area contributed by atoms with Crippen molar-refractivity contribution in [1.29, 1.82) is 0 Å². The topological polar surface area (TPSA) is 25.8 Å². The Morgan fingerprint density at radius 2 is 2.15 bits per heavy atom. The number of hydrogen-bond donors (Lipinski definition) is 0. The van der Waals surface area contributed by atoms with Gasteiger partial charge in [-0.2, -0.15) is 0 Å². The molecule has 2 heterocycles. The number of hydrogen-bond acceptors (Lipinski definition) is 3. The molecule has 0 amide bonds. The van der Waals surface area contributed by atoms with E-state index in [1.54, 1.807) is 17.5 Å². The number of aryl methyl sites for hydroxylation is 2. The third-order valence-electron chi connectivity index (χ3n) is 1.94. The van der Waals surface area contributed by atoms with Crippen LogP contribution in [-0.2, 0) is 0 Å². The predicted octanol–water partition coefficient (Wildman–Crippen LogP) is 2.82. The van der Waals surface area contributed by atoms with Gasteiger partial charge in [-0.05, 0) is 26.0 Å². The molecule has 0 atom stereocenters. The molecule has 0 aliphatic rings. The summed E-state index contributed by atoms with van der Waals surface area (Å²) in [7, 11) is 0. The van der Waals surface area contributed by atoms with Gasteiger partial charge < -0.3 is 0 Å². The summed E-state index contributed by atoms with van der Waals surface area (Å²) in [6, 6.07) is 3.96. The van der Waals surface area contributed by atoms with E-state index in [1.807, 2.05) is 25.3 Å². The van der Waals surface area contributed by atoms with Crippen LogP contribution in [0.1, 0.15) is 10.6 Å². The summed E-state index contributed by atoms with van der Waals surface area (Å²) in [5, 5.41) is 1.06. The minimum absolute atomic E-state index is 1.06. The number of aromatic nitrogens is 2. The van der Waals surface area contributed by atoms with Gasteiger partial charge in [-0.3, -0.25) is 4.98 Å². The van der Waals surface area contributed by atoms with Crippen molar-refractivity contribution < 1.29 is 0 Å². The van der Waals surface area contributed by atoms with Crippen LogP contribution in [-0.4, -0.2) is 9.97 Å². The summed E-state index contributed by atoms with van der Waals surface area (Å²) in [6.45, 7) is 4.12. The molecule has 2 nitrogen and oxygen atoms in total. The van der Waals surface area contributed by atoms with Gasteiger partial charge in [0.25, 0.3) is 0 Å². The second kappa shape index (κ2) is 3.26. The Bertz CT molecular complexity index is 387. The molecule has 0 aromatic carbocycles. The van der Waals surface area contributed by atoms with Gasteiger partial charge in [0, 0.05) is 22.8 Å². The van der Waals surface area contributed by atoms with Gasteiger partial charge in [-0.25, -0.2) is 4.98 Å². The maximum atomic E-state index is 4.46. The molecule has 2 aromatic heterocycles. The second-order valence-electron chi connectivity index (χ2n) is 2.90. The third-order valence-corrected chi connectivity index (χ3v) is 3.06. The summed E-state index contributed by atoms with van der Waals surface area (Å²) >= 11 is 1.72. The predicted molar refractivity (Wildman–Crippen MR) is 54.8 cm³/mol. The highest BCUT2D eigenvalue weighted by Crippen LogP contribution is 2.25. The van der Waals surface area contributed by atoms with Gasteiger partial charge in [0.15, 0.2) is 0 Å². The molecule has 0 saturated carbocycles. The largest absolute Gasteiger partial charge is 0.264 e. The van der Waals surface area contributed by atoms with E-state index < -0.39 is 0 Å². The van der Waals surface area contributed by atoms with E-state index in [0.717, 1.165) is 16.3 Å². The molecule has 0 unspecified atom stereocenters. The zero-order chi connectivity index (χ0) is 9.26. The van der Waals surface area contributed by atoms with Gasteiger partial charge in [-0.15, -0.1) is 11.3 Å². The van der Waals surface area contributed by atoms with Crippen LogP contribution in [0.3, 0.4) is 0 Å². The second-order valence-corrected chi connectivity index (χ2v) is 4.11. The van der Waals surface area contributed by atoms with Crippen LogP contribution in [0.5, 0.6) is 0 Å². The lowest BCUT2D eigenvalue weighted by Gasteiger charge is -1.91. The van der Waals surface area contributed by atoms with Crippen LogP contribution in [0.4, 0.5) is 0 Å². The molecule has 0 fully saturated rings. The molecular weight excluding hydrogens is 180 g/mol. The number of pyridine rings is 1. The molecule has 0 spiro atoms. The average molecular weight is 190 g/mol. The molecule has 0 radical (unpaired) electrons. The van der Waals surface area contributed by atoms with Crippen molar-refractivity contribution in [3.05, 3.63) is 35.1 Å². The molecule has 0 N–H and O–H groups in total. The lowest BCUT2D eigenvalue weighted by Crippen LogP contribution is -1.77. The standard InChI is InChI=1S/C10H10N2S/c1-7-8(2)13-10(12-7)9-4-3-5-11-6-9/h3-6H,1-2H3. The fourth-order valence-corrected chi connectivity index (χ4v) is 1.99. The van der Waals surface area contributed by atoms with E-state index in [1.165, 1.54) is 4.88 Å². The van der Waals surface area contributed by atoms with Crippen LogP contribution in [0.15, 0.2) is 24.5 Å². The Labute approximate surface area is 81.3 Å². The van der Waals surface area contributed by atoms with Crippen LogP contribution < -0.4 is 0 Å². The highest BCUT2D eigenvalue weighted by atomic mass is 32.1. The normalized spacial score (nSPS) is 10.3. The monoisotopic (exact) mass is 190 g/mol. The van der Waals surface area contributed by atoms with Crippen molar-refractivity contribution in [3.8, 4) is 10.6 Å². The first-order valence-corrected chi connectivity index (χ1v) is 4.93. The highest BCUT2D eigenvalue weighted by Gasteiger charge is 2.04. The number of nitrogens with zero attached hydrogens (tertiary/aromatic N) is 2. The summed E-state index contributed by atoms with van der Waals surface area (Å²) < 4.78 is 0. The van der Waals surface area contributed by atoms with Crippen molar-refractivity contribution >= 4 is 11.3 Å². The van der Waals surface area contributed by atoms with Crippen molar-refractivity contribution in [2.45, 2.75) is 13.8 Å². The van der Waals surface area contributed by atoms with Crippen LogP contribution in [0.25, 0.3) is 10.6 Å². The van der Waals surface area contributed by atoms with Crippen LogP contribution in [0, 0.1) is 13.8 Å². The lowest BCUT2D eigenvalue weighted by molar-refractivity contribution is 1.22. The molecule has 3 heteroatoms. The van der Waals surface area contributed by atoms with E-state index >= 15 is 0 Å². The van der Waals surface area contributed by atoms with E-state index in [0.29, 0.717) is 0 Å². The Hall–Kier alpha value is -1.22. The van der Waals surface area contributed by atoms with Crippen LogP contribution in [0.2, 0.25) is 0 Å².